The molecule has 4 rings (SSSR count). The van der Waals surface area contributed by atoms with Crippen LogP contribution in [0.1, 0.15) is 51.9 Å². The van der Waals surface area contributed by atoms with Crippen LogP contribution in [0, 0.1) is 6.92 Å². The van der Waals surface area contributed by atoms with Gasteiger partial charge in [-0.2, -0.15) is 10.2 Å². The molecule has 0 aliphatic carbocycles. The Morgan fingerprint density at radius 1 is 1.37 bits per heavy atom. The van der Waals surface area contributed by atoms with E-state index in [1.807, 2.05) is 58.4 Å². The summed E-state index contributed by atoms with van der Waals surface area (Å²) in [4.78, 5) is 19.3. The lowest BCUT2D eigenvalue weighted by Gasteiger charge is -2.31. The first-order valence-electron chi connectivity index (χ1n) is 11.6. The third kappa shape index (κ3) is 5.18. The van der Waals surface area contributed by atoms with Crippen LogP contribution in [0.2, 0.25) is 0 Å². The molecule has 3 aromatic rings. The van der Waals surface area contributed by atoms with Gasteiger partial charge in [0.1, 0.15) is 11.7 Å². The molecule has 0 spiro atoms. The fourth-order valence-electron chi connectivity index (χ4n) is 4.54. The second-order valence-electron chi connectivity index (χ2n) is 9.77. The van der Waals surface area contributed by atoms with Gasteiger partial charge in [0.15, 0.2) is 0 Å². The van der Waals surface area contributed by atoms with E-state index in [1.54, 1.807) is 15.7 Å². The number of rotatable bonds is 6. The largest absolute Gasteiger partial charge is 0.472 e. The summed E-state index contributed by atoms with van der Waals surface area (Å²) in [5, 5.41) is 10.2. The molecule has 4 heterocycles. The summed E-state index contributed by atoms with van der Waals surface area (Å²) in [6.07, 6.45) is 5.29. The monoisotopic (exact) mass is 610 g/mol. The van der Waals surface area contributed by atoms with E-state index >= 15 is 0 Å². The summed E-state index contributed by atoms with van der Waals surface area (Å²) in [6, 6.07) is 1.94. The van der Waals surface area contributed by atoms with Crippen molar-refractivity contribution in [2.24, 2.45) is 7.05 Å². The SMILES string of the molecule is C=Cc1nn(PI)c2cnc(-c3c(C)nn(C)c3OC(C)C3CCCN3C(=O)OC(C)(C)C)cc12. The van der Waals surface area contributed by atoms with Crippen LogP contribution in [0.3, 0.4) is 0 Å². The zero-order valence-corrected chi connectivity index (χ0v) is 24.2. The molecule has 9 nitrogen and oxygen atoms in total. The average Bonchev–Trinajstić information content (AvgIpc) is 3.48. The quantitative estimate of drug-likeness (QED) is 0.261. The van der Waals surface area contributed by atoms with Gasteiger partial charge < -0.3 is 14.4 Å². The Morgan fingerprint density at radius 3 is 2.77 bits per heavy atom. The zero-order chi connectivity index (χ0) is 25.5. The van der Waals surface area contributed by atoms with Gasteiger partial charge in [0, 0.05) is 19.0 Å². The molecule has 1 amide bonds. The van der Waals surface area contributed by atoms with E-state index < -0.39 is 5.60 Å². The fraction of sp³-hybridized carbons (Fsp3) is 0.500. The highest BCUT2D eigenvalue weighted by molar-refractivity contribution is 14.2. The molecule has 3 unspecified atom stereocenters. The van der Waals surface area contributed by atoms with E-state index in [9.17, 15) is 4.79 Å². The van der Waals surface area contributed by atoms with E-state index in [0.29, 0.717) is 18.8 Å². The van der Waals surface area contributed by atoms with Crippen LogP contribution in [0.5, 0.6) is 5.88 Å². The molecule has 3 atom stereocenters. The van der Waals surface area contributed by atoms with Gasteiger partial charge in [0.25, 0.3) is 0 Å². The van der Waals surface area contributed by atoms with Gasteiger partial charge >= 0.3 is 6.09 Å². The molecule has 0 radical (unpaired) electrons. The van der Waals surface area contributed by atoms with E-state index in [-0.39, 0.29) is 18.2 Å². The molecular formula is C24H32IN6O3P. The van der Waals surface area contributed by atoms with E-state index in [0.717, 1.165) is 46.4 Å². The molecule has 3 aromatic heterocycles. The number of ether oxygens (including phenoxy) is 2. The summed E-state index contributed by atoms with van der Waals surface area (Å²) >= 11 is 2.31. The summed E-state index contributed by atoms with van der Waals surface area (Å²) < 4.78 is 15.8. The van der Waals surface area contributed by atoms with Crippen molar-refractivity contribution in [3.05, 3.63) is 30.2 Å². The number of carbonyl (C=O) groups excluding carboxylic acids is 1. The maximum Gasteiger partial charge on any atom is 0.410 e. The smallest absolute Gasteiger partial charge is 0.410 e. The summed E-state index contributed by atoms with van der Waals surface area (Å²) in [5.41, 5.74) is 3.67. The number of amides is 1. The number of hydrogen-bond donors (Lipinski definition) is 0. The molecule has 1 aliphatic rings. The topological polar surface area (TPSA) is 87.3 Å². The number of aryl methyl sites for hydroxylation is 2. The van der Waals surface area contributed by atoms with Gasteiger partial charge in [0.2, 0.25) is 5.88 Å². The molecule has 0 bridgehead atoms. The molecule has 0 saturated carbocycles. The Labute approximate surface area is 220 Å². The molecule has 1 saturated heterocycles. The van der Waals surface area contributed by atoms with Gasteiger partial charge in [-0.05, 0) is 81.6 Å². The third-order valence-corrected chi connectivity index (χ3v) is 7.93. The van der Waals surface area contributed by atoms with Crippen LogP contribution >= 0.6 is 28.4 Å². The summed E-state index contributed by atoms with van der Waals surface area (Å²) in [5.74, 6) is 0.626. The Bertz CT molecular complexity index is 1260. The normalized spacial score (nSPS) is 17.5. The van der Waals surface area contributed by atoms with Crippen LogP contribution in [0.4, 0.5) is 4.79 Å². The minimum Gasteiger partial charge on any atom is -0.472 e. The molecule has 1 aliphatic heterocycles. The lowest BCUT2D eigenvalue weighted by Crippen LogP contribution is -2.46. The molecule has 35 heavy (non-hydrogen) atoms. The van der Waals surface area contributed by atoms with E-state index in [2.05, 4.69) is 38.8 Å². The lowest BCUT2D eigenvalue weighted by atomic mass is 10.1. The van der Waals surface area contributed by atoms with Crippen LogP contribution < -0.4 is 4.74 Å². The van der Waals surface area contributed by atoms with Crippen LogP contribution in [0.25, 0.3) is 28.2 Å². The standard InChI is InChI=1S/C24H32IN6O3P/c1-8-17-16-12-18(26-13-20(16)31(28-17)35-25)21-14(2)27-29(7)22(21)33-15(3)19-10-9-11-30(19)23(32)34-24(4,5)6/h8,12-13,15,19,35H,1,9-11H2,2-7H3. The number of nitrogens with zero attached hydrogens (tertiary/aromatic N) is 6. The molecule has 11 heteroatoms. The van der Waals surface area contributed by atoms with Crippen molar-refractivity contribution in [1.82, 2.24) is 29.2 Å². The number of likely N-dealkylation sites (tertiary alicyclic amines) is 1. The molecule has 0 N–H and O–H groups in total. The van der Waals surface area contributed by atoms with Crippen molar-refractivity contribution in [2.45, 2.75) is 65.2 Å². The first kappa shape index (κ1) is 25.9. The first-order chi connectivity index (χ1) is 16.5. The highest BCUT2D eigenvalue weighted by Gasteiger charge is 2.37. The average molecular weight is 610 g/mol. The van der Waals surface area contributed by atoms with Crippen molar-refractivity contribution < 1.29 is 14.3 Å². The minimum absolute atomic E-state index is 0.0846. The van der Waals surface area contributed by atoms with Crippen LogP contribution in [-0.4, -0.2) is 59.6 Å². The van der Waals surface area contributed by atoms with Crippen LogP contribution in [-0.2, 0) is 11.8 Å². The number of halogens is 1. The Hall–Kier alpha value is -2.20. The minimum atomic E-state index is -0.541. The highest BCUT2D eigenvalue weighted by Crippen LogP contribution is 2.37. The number of fused-ring (bicyclic) bond motifs is 1. The van der Waals surface area contributed by atoms with Gasteiger partial charge in [-0.3, -0.25) is 4.98 Å². The van der Waals surface area contributed by atoms with Crippen molar-refractivity contribution >= 4 is 51.5 Å². The van der Waals surface area contributed by atoms with Gasteiger partial charge in [0.05, 0.1) is 46.8 Å². The van der Waals surface area contributed by atoms with Gasteiger partial charge in [-0.15, -0.1) is 0 Å². The van der Waals surface area contributed by atoms with Gasteiger partial charge in [-0.25, -0.2) is 13.9 Å². The van der Waals surface area contributed by atoms with Crippen molar-refractivity contribution in [3.8, 4) is 17.1 Å². The Kier molecular flexibility index (Phi) is 7.43. The Balaban J connectivity index is 1.66. The second kappa shape index (κ2) is 10.0. The number of carbonyl (C=O) groups is 1. The number of pyridine rings is 1. The molecule has 188 valence electrons. The summed E-state index contributed by atoms with van der Waals surface area (Å²) in [6.45, 7) is 14.2. The number of hydrogen-bond acceptors (Lipinski definition) is 6. The summed E-state index contributed by atoms with van der Waals surface area (Å²) in [7, 11) is 1.86. The third-order valence-electron chi connectivity index (χ3n) is 6.06. The molecule has 0 aromatic carbocycles. The predicted molar refractivity (Wildman–Crippen MR) is 148 cm³/mol. The highest BCUT2D eigenvalue weighted by atomic mass is 127. The van der Waals surface area contributed by atoms with Crippen molar-refractivity contribution in [1.29, 1.82) is 0 Å². The number of aromatic nitrogens is 5. The van der Waals surface area contributed by atoms with Gasteiger partial charge in [-0.1, -0.05) is 6.58 Å². The molecule has 1 fully saturated rings. The van der Waals surface area contributed by atoms with E-state index in [1.165, 1.54) is 0 Å². The predicted octanol–water partition coefficient (Wildman–Crippen LogP) is 5.74. The maximum absolute atomic E-state index is 12.8. The first-order valence-corrected chi connectivity index (χ1v) is 15.7. The lowest BCUT2D eigenvalue weighted by molar-refractivity contribution is 0.0104. The zero-order valence-electron chi connectivity index (χ0n) is 21.0. The fourth-order valence-corrected chi connectivity index (χ4v) is 6.06. The van der Waals surface area contributed by atoms with E-state index in [4.69, 9.17) is 14.5 Å². The molecular weight excluding hydrogens is 578 g/mol. The second-order valence-corrected chi connectivity index (χ2v) is 11.8. The van der Waals surface area contributed by atoms with Crippen molar-refractivity contribution in [2.75, 3.05) is 6.54 Å². The van der Waals surface area contributed by atoms with Crippen molar-refractivity contribution in [3.63, 3.8) is 0 Å². The van der Waals surface area contributed by atoms with Crippen LogP contribution in [0.15, 0.2) is 18.8 Å². The maximum atomic E-state index is 12.8. The Morgan fingerprint density at radius 2 is 2.11 bits per heavy atom.